The first kappa shape index (κ1) is 16.0. The number of carbonyl (C=O) groups is 1. The molecule has 2 nitrogen and oxygen atoms in total. The third kappa shape index (κ3) is 11.2. The largest absolute Gasteiger partial charge is 0.478 e. The minimum atomic E-state index is -0.842. The summed E-state index contributed by atoms with van der Waals surface area (Å²) in [7, 11) is 0. The van der Waals surface area contributed by atoms with E-state index in [4.69, 9.17) is 5.11 Å². The predicted molar refractivity (Wildman–Crippen MR) is 73.1 cm³/mol. The summed E-state index contributed by atoms with van der Waals surface area (Å²) < 4.78 is 0. The molecule has 0 unspecified atom stereocenters. The Morgan fingerprint density at radius 2 is 1.65 bits per heavy atom. The fraction of sp³-hybridized carbons (Fsp3) is 0.667. The molecule has 0 aliphatic heterocycles. The van der Waals surface area contributed by atoms with E-state index < -0.39 is 5.97 Å². The summed E-state index contributed by atoms with van der Waals surface area (Å²) >= 11 is 0. The van der Waals surface area contributed by atoms with Crippen molar-refractivity contribution in [2.24, 2.45) is 0 Å². The van der Waals surface area contributed by atoms with Crippen LogP contribution in [0, 0.1) is 0 Å². The van der Waals surface area contributed by atoms with Crippen molar-refractivity contribution in [2.45, 2.75) is 65.2 Å². The van der Waals surface area contributed by atoms with Crippen molar-refractivity contribution in [3.8, 4) is 0 Å². The zero-order valence-electron chi connectivity index (χ0n) is 11.2. The van der Waals surface area contributed by atoms with Crippen LogP contribution in [0.1, 0.15) is 65.2 Å². The van der Waals surface area contributed by atoms with Gasteiger partial charge in [-0.05, 0) is 19.8 Å². The Kier molecular flexibility index (Phi) is 10.7. The van der Waals surface area contributed by atoms with Gasteiger partial charge in [0.1, 0.15) is 0 Å². The second-order valence-electron chi connectivity index (χ2n) is 4.49. The van der Waals surface area contributed by atoms with E-state index in [-0.39, 0.29) is 0 Å². The van der Waals surface area contributed by atoms with E-state index in [0.717, 1.165) is 6.42 Å². The Balaban J connectivity index is 3.36. The van der Waals surface area contributed by atoms with Crippen LogP contribution in [-0.2, 0) is 4.79 Å². The monoisotopic (exact) mass is 238 g/mol. The molecule has 2 heteroatoms. The molecule has 0 atom stereocenters. The second kappa shape index (κ2) is 11.4. The van der Waals surface area contributed by atoms with Gasteiger partial charge < -0.3 is 5.11 Å². The van der Waals surface area contributed by atoms with E-state index in [0.29, 0.717) is 5.57 Å². The number of aliphatic carboxylic acids is 1. The van der Waals surface area contributed by atoms with Crippen LogP contribution in [-0.4, -0.2) is 11.1 Å². The Bertz CT molecular complexity index is 252. The van der Waals surface area contributed by atoms with Crippen LogP contribution in [0.25, 0.3) is 0 Å². The van der Waals surface area contributed by atoms with E-state index in [1.165, 1.54) is 44.9 Å². The topological polar surface area (TPSA) is 37.3 Å². The van der Waals surface area contributed by atoms with E-state index >= 15 is 0 Å². The molecule has 1 N–H and O–H groups in total. The summed E-state index contributed by atoms with van der Waals surface area (Å²) in [5.41, 5.74) is 0.390. The van der Waals surface area contributed by atoms with Gasteiger partial charge in [-0.2, -0.15) is 0 Å². The highest BCUT2D eigenvalue weighted by Gasteiger charge is 1.95. The number of carboxylic acids is 1. The molecule has 0 amide bonds. The van der Waals surface area contributed by atoms with Gasteiger partial charge in [-0.1, -0.05) is 63.7 Å². The van der Waals surface area contributed by atoms with Gasteiger partial charge in [0, 0.05) is 5.57 Å². The summed E-state index contributed by atoms with van der Waals surface area (Å²) in [6.45, 7) is 3.85. The molecule has 0 aliphatic carbocycles. The zero-order chi connectivity index (χ0) is 12.9. The number of allylic oxidation sites excluding steroid dienone is 3. The number of rotatable bonds is 10. The molecule has 0 spiro atoms. The molecule has 0 saturated carbocycles. The average Bonchev–Trinajstić information content (AvgIpc) is 2.31. The lowest BCUT2D eigenvalue weighted by Crippen LogP contribution is -1.94. The molecule has 0 heterocycles. The number of hydrogen-bond acceptors (Lipinski definition) is 1. The van der Waals surface area contributed by atoms with Crippen LogP contribution >= 0.6 is 0 Å². The highest BCUT2D eigenvalue weighted by atomic mass is 16.4. The van der Waals surface area contributed by atoms with Crippen molar-refractivity contribution in [1.82, 2.24) is 0 Å². The van der Waals surface area contributed by atoms with Gasteiger partial charge >= 0.3 is 5.97 Å². The molecule has 0 fully saturated rings. The maximum absolute atomic E-state index is 10.5. The molecule has 0 radical (unpaired) electrons. The first-order valence-electron chi connectivity index (χ1n) is 6.75. The molecule has 0 aliphatic rings. The quantitative estimate of drug-likeness (QED) is 0.340. The fourth-order valence-electron chi connectivity index (χ4n) is 1.60. The van der Waals surface area contributed by atoms with Crippen molar-refractivity contribution in [3.05, 3.63) is 23.8 Å². The van der Waals surface area contributed by atoms with Crippen LogP contribution in [0.15, 0.2) is 23.8 Å². The Morgan fingerprint density at radius 3 is 2.24 bits per heavy atom. The maximum Gasteiger partial charge on any atom is 0.331 e. The highest BCUT2D eigenvalue weighted by molar-refractivity contribution is 5.86. The van der Waals surface area contributed by atoms with Gasteiger partial charge in [0.05, 0.1) is 0 Å². The van der Waals surface area contributed by atoms with E-state index in [1.807, 2.05) is 6.08 Å². The molecule has 0 bridgehead atoms. The summed E-state index contributed by atoms with van der Waals surface area (Å²) in [6, 6.07) is 0. The van der Waals surface area contributed by atoms with Crippen LogP contribution in [0.2, 0.25) is 0 Å². The normalized spacial score (nSPS) is 12.2. The molecule has 98 valence electrons. The van der Waals surface area contributed by atoms with Gasteiger partial charge in [0.25, 0.3) is 0 Å². The third-order valence-electron chi connectivity index (χ3n) is 2.79. The first-order valence-corrected chi connectivity index (χ1v) is 6.75. The molecule has 0 aromatic heterocycles. The third-order valence-corrected chi connectivity index (χ3v) is 2.79. The van der Waals surface area contributed by atoms with Gasteiger partial charge in [-0.15, -0.1) is 0 Å². The van der Waals surface area contributed by atoms with Crippen molar-refractivity contribution in [3.63, 3.8) is 0 Å². The first-order chi connectivity index (χ1) is 8.18. The van der Waals surface area contributed by atoms with Crippen molar-refractivity contribution >= 4 is 5.97 Å². The standard InChI is InChI=1S/C15H26O2/c1-3-4-5-6-7-8-9-10-11-12-13-14(2)15(16)17/h11-13H,3-10H2,1-2H3,(H,16,17)/b12-11+,14-13+. The maximum atomic E-state index is 10.5. The lowest BCUT2D eigenvalue weighted by atomic mass is 10.1. The Morgan fingerprint density at radius 1 is 1.06 bits per heavy atom. The number of unbranched alkanes of at least 4 members (excludes halogenated alkanes) is 7. The minimum absolute atomic E-state index is 0.390. The molecule has 0 saturated heterocycles. The minimum Gasteiger partial charge on any atom is -0.478 e. The van der Waals surface area contributed by atoms with Crippen LogP contribution in [0.3, 0.4) is 0 Å². The van der Waals surface area contributed by atoms with Crippen LogP contribution in [0.4, 0.5) is 0 Å². The van der Waals surface area contributed by atoms with E-state index in [9.17, 15) is 4.79 Å². The Labute approximate surface area is 105 Å². The van der Waals surface area contributed by atoms with Gasteiger partial charge in [0.15, 0.2) is 0 Å². The smallest absolute Gasteiger partial charge is 0.331 e. The van der Waals surface area contributed by atoms with Crippen LogP contribution in [0.5, 0.6) is 0 Å². The SMILES string of the molecule is CCCCCCCCC/C=C/C=C(\C)C(=O)O. The van der Waals surface area contributed by atoms with Crippen molar-refractivity contribution in [2.75, 3.05) is 0 Å². The lowest BCUT2D eigenvalue weighted by Gasteiger charge is -1.98. The van der Waals surface area contributed by atoms with Gasteiger partial charge in [-0.3, -0.25) is 0 Å². The number of hydrogen-bond donors (Lipinski definition) is 1. The predicted octanol–water partition coefficient (Wildman–Crippen LogP) is 4.71. The Hall–Kier alpha value is -1.05. The summed E-state index contributed by atoms with van der Waals surface area (Å²) in [6.07, 6.45) is 15.8. The van der Waals surface area contributed by atoms with E-state index in [2.05, 4.69) is 13.0 Å². The van der Waals surface area contributed by atoms with Crippen molar-refractivity contribution in [1.29, 1.82) is 0 Å². The molecular weight excluding hydrogens is 212 g/mol. The average molecular weight is 238 g/mol. The highest BCUT2D eigenvalue weighted by Crippen LogP contribution is 2.08. The zero-order valence-corrected chi connectivity index (χ0v) is 11.2. The van der Waals surface area contributed by atoms with Gasteiger partial charge in [-0.25, -0.2) is 4.79 Å². The second-order valence-corrected chi connectivity index (χ2v) is 4.49. The summed E-state index contributed by atoms with van der Waals surface area (Å²) in [5.74, 6) is -0.842. The molecule has 0 aromatic rings. The molecule has 17 heavy (non-hydrogen) atoms. The van der Waals surface area contributed by atoms with Crippen molar-refractivity contribution < 1.29 is 9.90 Å². The lowest BCUT2D eigenvalue weighted by molar-refractivity contribution is -0.132. The molecule has 0 aromatic carbocycles. The number of carboxylic acid groups (broad SMARTS) is 1. The van der Waals surface area contributed by atoms with Gasteiger partial charge in [0.2, 0.25) is 0 Å². The fourth-order valence-corrected chi connectivity index (χ4v) is 1.60. The van der Waals surface area contributed by atoms with Crippen LogP contribution < -0.4 is 0 Å². The summed E-state index contributed by atoms with van der Waals surface area (Å²) in [5, 5.41) is 8.62. The summed E-state index contributed by atoms with van der Waals surface area (Å²) in [4.78, 5) is 10.5. The molecular formula is C15H26O2. The molecule has 0 rings (SSSR count). The van der Waals surface area contributed by atoms with E-state index in [1.54, 1.807) is 13.0 Å².